The molecule has 30 heavy (non-hydrogen) atoms. The fourth-order valence-electron chi connectivity index (χ4n) is 3.31. The van der Waals surface area contributed by atoms with Crippen LogP contribution in [0.2, 0.25) is 0 Å². The molecule has 0 radical (unpaired) electrons. The first-order valence-corrected chi connectivity index (χ1v) is 10.3. The highest BCUT2D eigenvalue weighted by molar-refractivity contribution is 7.08. The van der Waals surface area contributed by atoms with E-state index in [0.29, 0.717) is 23.7 Å². The number of amides is 4. The number of imide groups is 1. The van der Waals surface area contributed by atoms with E-state index in [1.807, 2.05) is 22.9 Å². The molecule has 0 aliphatic carbocycles. The number of aryl methyl sites for hydroxylation is 1. The lowest BCUT2D eigenvalue weighted by atomic mass is 9.87. The van der Waals surface area contributed by atoms with Gasteiger partial charge in [-0.15, -0.1) is 0 Å². The first-order chi connectivity index (χ1) is 14.5. The molecule has 9 nitrogen and oxygen atoms in total. The summed E-state index contributed by atoms with van der Waals surface area (Å²) in [7, 11) is 0. The van der Waals surface area contributed by atoms with E-state index < -0.39 is 23.4 Å². The van der Waals surface area contributed by atoms with Gasteiger partial charge in [0.25, 0.3) is 5.91 Å². The number of carbonyl (C=O) groups excluding carboxylic acids is 3. The molecule has 0 spiro atoms. The van der Waals surface area contributed by atoms with Crippen molar-refractivity contribution in [2.24, 2.45) is 0 Å². The van der Waals surface area contributed by atoms with Gasteiger partial charge in [-0.25, -0.2) is 4.79 Å². The Hall–Kier alpha value is -3.53. The van der Waals surface area contributed by atoms with Gasteiger partial charge in [0.2, 0.25) is 17.6 Å². The third-order valence-electron chi connectivity index (χ3n) is 4.94. The number of nitrogens with zero attached hydrogens (tertiary/aromatic N) is 3. The van der Waals surface area contributed by atoms with Crippen LogP contribution in [0.15, 0.2) is 51.7 Å². The Morgan fingerprint density at radius 3 is 2.77 bits per heavy atom. The average Bonchev–Trinajstić information content (AvgIpc) is 3.50. The van der Waals surface area contributed by atoms with Crippen LogP contribution in [-0.2, 0) is 21.5 Å². The molecule has 1 fully saturated rings. The maximum absolute atomic E-state index is 13.0. The Labute approximate surface area is 176 Å². The number of carbonyl (C=O) groups is 3. The fourth-order valence-corrected chi connectivity index (χ4v) is 3.94. The van der Waals surface area contributed by atoms with Crippen molar-refractivity contribution in [3.63, 3.8) is 0 Å². The zero-order chi connectivity index (χ0) is 21.1. The second-order valence-corrected chi connectivity index (χ2v) is 7.53. The number of hydrogen-bond acceptors (Lipinski definition) is 7. The second-order valence-electron chi connectivity index (χ2n) is 6.75. The van der Waals surface area contributed by atoms with E-state index in [9.17, 15) is 14.4 Å². The summed E-state index contributed by atoms with van der Waals surface area (Å²) in [6.45, 7) is 1.80. The van der Waals surface area contributed by atoms with E-state index in [1.54, 1.807) is 31.2 Å². The van der Waals surface area contributed by atoms with E-state index in [2.05, 4.69) is 20.9 Å². The lowest BCUT2D eigenvalue weighted by Gasteiger charge is -2.25. The summed E-state index contributed by atoms with van der Waals surface area (Å²) in [6, 6.07) is 10.2. The molecule has 10 heteroatoms. The number of benzene rings is 1. The molecular formula is C20H19N5O4S. The smallest absolute Gasteiger partial charge is 0.339 e. The van der Waals surface area contributed by atoms with Crippen LogP contribution in [-0.4, -0.2) is 33.0 Å². The third-order valence-corrected chi connectivity index (χ3v) is 5.62. The van der Waals surface area contributed by atoms with Crippen molar-refractivity contribution in [1.29, 1.82) is 0 Å². The van der Waals surface area contributed by atoms with Crippen molar-refractivity contribution in [2.75, 3.05) is 0 Å². The Morgan fingerprint density at radius 1 is 1.27 bits per heavy atom. The van der Waals surface area contributed by atoms with Gasteiger partial charge < -0.3 is 9.84 Å². The number of hydrogen-bond donors (Lipinski definition) is 2. The Kier molecular flexibility index (Phi) is 5.32. The van der Waals surface area contributed by atoms with Crippen molar-refractivity contribution in [1.82, 2.24) is 25.9 Å². The molecule has 1 aromatic carbocycles. The van der Waals surface area contributed by atoms with E-state index in [4.69, 9.17) is 4.52 Å². The first kappa shape index (κ1) is 19.8. The fraction of sp³-hybridized carbons (Fsp3) is 0.250. The van der Waals surface area contributed by atoms with Gasteiger partial charge in [-0.2, -0.15) is 21.3 Å². The van der Waals surface area contributed by atoms with Gasteiger partial charge in [0, 0.05) is 23.8 Å². The maximum Gasteiger partial charge on any atom is 0.344 e. The summed E-state index contributed by atoms with van der Waals surface area (Å²) in [5.41, 5.74) is 2.69. The summed E-state index contributed by atoms with van der Waals surface area (Å²) in [4.78, 5) is 42.0. The highest BCUT2D eigenvalue weighted by Crippen LogP contribution is 2.31. The van der Waals surface area contributed by atoms with Crippen LogP contribution in [0.1, 0.15) is 31.2 Å². The molecule has 4 rings (SSSR count). The SMILES string of the molecule is CCC1(c2ccccc2)NC(=O)N(NC(=O)CCc2nc(-c3ccsc3)no2)C1=O. The molecule has 2 N–H and O–H groups in total. The van der Waals surface area contributed by atoms with Crippen molar-refractivity contribution in [3.8, 4) is 11.4 Å². The molecule has 154 valence electrons. The quantitative estimate of drug-likeness (QED) is 0.562. The van der Waals surface area contributed by atoms with Crippen LogP contribution >= 0.6 is 11.3 Å². The number of thiophene rings is 1. The Morgan fingerprint density at radius 2 is 2.07 bits per heavy atom. The van der Waals surface area contributed by atoms with Gasteiger partial charge in [0.1, 0.15) is 5.54 Å². The predicted molar refractivity (Wildman–Crippen MR) is 108 cm³/mol. The third kappa shape index (κ3) is 3.57. The predicted octanol–water partition coefficient (Wildman–Crippen LogP) is 2.62. The zero-order valence-electron chi connectivity index (χ0n) is 16.1. The minimum absolute atomic E-state index is 0.0210. The Balaban J connectivity index is 1.40. The first-order valence-electron chi connectivity index (χ1n) is 9.40. The molecule has 0 bridgehead atoms. The molecule has 3 aromatic rings. The van der Waals surface area contributed by atoms with Crippen molar-refractivity contribution < 1.29 is 18.9 Å². The zero-order valence-corrected chi connectivity index (χ0v) is 16.9. The van der Waals surface area contributed by atoms with Gasteiger partial charge in [0.15, 0.2) is 0 Å². The molecule has 4 amide bonds. The van der Waals surface area contributed by atoms with Gasteiger partial charge in [-0.05, 0) is 23.4 Å². The topological polar surface area (TPSA) is 117 Å². The van der Waals surface area contributed by atoms with E-state index in [1.165, 1.54) is 11.3 Å². The molecule has 2 aromatic heterocycles. The monoisotopic (exact) mass is 425 g/mol. The van der Waals surface area contributed by atoms with Crippen molar-refractivity contribution in [2.45, 2.75) is 31.7 Å². The van der Waals surface area contributed by atoms with Gasteiger partial charge in [-0.1, -0.05) is 42.4 Å². The normalized spacial score (nSPS) is 18.5. The number of aromatic nitrogens is 2. The maximum atomic E-state index is 13.0. The largest absolute Gasteiger partial charge is 0.344 e. The molecule has 3 heterocycles. The van der Waals surface area contributed by atoms with E-state index in [-0.39, 0.29) is 12.8 Å². The summed E-state index contributed by atoms with van der Waals surface area (Å²) >= 11 is 1.52. The minimum Gasteiger partial charge on any atom is -0.339 e. The molecule has 1 saturated heterocycles. The standard InChI is InChI=1S/C20H19N5O4S/c1-2-20(14-6-4-3-5-7-14)18(27)25(19(28)22-20)23-15(26)8-9-16-21-17(24-29-16)13-10-11-30-12-13/h3-7,10-12H,2,8-9H2,1H3,(H,22,28)(H,23,26). The minimum atomic E-state index is -1.20. The molecule has 1 aliphatic rings. The summed E-state index contributed by atoms with van der Waals surface area (Å²) in [5, 5.41) is 11.1. The lowest BCUT2D eigenvalue weighted by Crippen LogP contribution is -2.48. The van der Waals surface area contributed by atoms with Crippen LogP contribution < -0.4 is 10.7 Å². The highest BCUT2D eigenvalue weighted by Gasteiger charge is 2.52. The average molecular weight is 425 g/mol. The summed E-state index contributed by atoms with van der Waals surface area (Å²) in [5.74, 6) is -0.270. The molecular weight excluding hydrogens is 406 g/mol. The molecule has 0 saturated carbocycles. The van der Waals surface area contributed by atoms with Crippen molar-refractivity contribution >= 4 is 29.2 Å². The van der Waals surface area contributed by atoms with E-state index in [0.717, 1.165) is 10.6 Å². The van der Waals surface area contributed by atoms with Crippen LogP contribution in [0.5, 0.6) is 0 Å². The van der Waals surface area contributed by atoms with Crippen LogP contribution in [0.3, 0.4) is 0 Å². The highest BCUT2D eigenvalue weighted by atomic mass is 32.1. The lowest BCUT2D eigenvalue weighted by molar-refractivity contribution is -0.139. The summed E-state index contributed by atoms with van der Waals surface area (Å²) in [6.07, 6.45) is 0.512. The second kappa shape index (κ2) is 8.07. The van der Waals surface area contributed by atoms with E-state index >= 15 is 0 Å². The van der Waals surface area contributed by atoms with Gasteiger partial charge in [-0.3, -0.25) is 15.0 Å². The van der Waals surface area contributed by atoms with Gasteiger partial charge in [0.05, 0.1) is 0 Å². The number of urea groups is 1. The number of hydrazine groups is 1. The number of rotatable bonds is 7. The van der Waals surface area contributed by atoms with Gasteiger partial charge >= 0.3 is 6.03 Å². The van der Waals surface area contributed by atoms with Crippen LogP contribution in [0.4, 0.5) is 4.79 Å². The molecule has 1 unspecified atom stereocenters. The van der Waals surface area contributed by atoms with Crippen LogP contribution in [0.25, 0.3) is 11.4 Å². The Bertz CT molecular complexity index is 1070. The molecule has 1 atom stereocenters. The summed E-state index contributed by atoms with van der Waals surface area (Å²) < 4.78 is 5.16. The van der Waals surface area contributed by atoms with Crippen molar-refractivity contribution in [3.05, 3.63) is 58.6 Å². The van der Waals surface area contributed by atoms with Crippen LogP contribution in [0, 0.1) is 0 Å². The molecule has 1 aliphatic heterocycles. The number of nitrogens with one attached hydrogen (secondary N) is 2.